The zero-order valence-electron chi connectivity index (χ0n) is 8.63. The van der Waals surface area contributed by atoms with Crippen LogP contribution in [0.5, 0.6) is 0 Å². The Hall–Kier alpha value is -0.980. The van der Waals surface area contributed by atoms with Gasteiger partial charge in [-0.1, -0.05) is 6.07 Å². The number of carbonyl (C=O) groups is 1. The third-order valence-corrected chi connectivity index (χ3v) is 2.39. The zero-order chi connectivity index (χ0) is 12.1. The third kappa shape index (κ3) is 3.26. The van der Waals surface area contributed by atoms with E-state index in [2.05, 4.69) is 25.7 Å². The molecule has 0 amide bonds. The molecule has 0 spiro atoms. The molecule has 1 aromatic heterocycles. The van der Waals surface area contributed by atoms with Gasteiger partial charge in [0.2, 0.25) is 0 Å². The summed E-state index contributed by atoms with van der Waals surface area (Å²) in [5, 5.41) is 19.1. The molecule has 2 N–H and O–H groups in total. The van der Waals surface area contributed by atoms with Crippen LogP contribution >= 0.6 is 15.9 Å². The molecule has 5 nitrogen and oxygen atoms in total. The molecule has 1 aromatic rings. The van der Waals surface area contributed by atoms with Crippen LogP contribution in [0.2, 0.25) is 0 Å². The fourth-order valence-corrected chi connectivity index (χ4v) is 1.34. The first-order chi connectivity index (χ1) is 7.56. The molecule has 0 fully saturated rings. The van der Waals surface area contributed by atoms with Gasteiger partial charge in [-0.2, -0.15) is 0 Å². The van der Waals surface area contributed by atoms with Gasteiger partial charge in [0.25, 0.3) is 0 Å². The number of hydrogen-bond donors (Lipinski definition) is 2. The lowest BCUT2D eigenvalue weighted by atomic mass is 10.1. The smallest absolute Gasteiger partial charge is 0.338 e. The Morgan fingerprint density at radius 2 is 2.25 bits per heavy atom. The van der Waals surface area contributed by atoms with Crippen LogP contribution in [0.3, 0.4) is 0 Å². The first kappa shape index (κ1) is 13.1. The molecule has 88 valence electrons. The summed E-state index contributed by atoms with van der Waals surface area (Å²) in [6.07, 6.45) is -1.56. The molecule has 0 aliphatic carbocycles. The highest BCUT2D eigenvalue weighted by atomic mass is 79.9. The Kier molecular flexibility index (Phi) is 4.85. The van der Waals surface area contributed by atoms with Gasteiger partial charge in [-0.05, 0) is 28.9 Å². The lowest BCUT2D eigenvalue weighted by Gasteiger charge is -2.16. The number of hydrogen-bond acceptors (Lipinski definition) is 5. The molecular weight excluding hydrogens is 278 g/mol. The van der Waals surface area contributed by atoms with Crippen molar-refractivity contribution in [2.45, 2.75) is 19.1 Å². The normalized spacial score (nSPS) is 14.2. The molecule has 6 heteroatoms. The van der Waals surface area contributed by atoms with Gasteiger partial charge in [0, 0.05) is 11.8 Å². The molecule has 0 aliphatic rings. The summed E-state index contributed by atoms with van der Waals surface area (Å²) in [6.45, 7) is 1.78. The number of ether oxygens (including phenoxy) is 1. The van der Waals surface area contributed by atoms with E-state index in [4.69, 9.17) is 0 Å². The van der Waals surface area contributed by atoms with E-state index in [1.807, 2.05) is 0 Å². The van der Waals surface area contributed by atoms with Crippen LogP contribution in [0.1, 0.15) is 18.6 Å². The van der Waals surface area contributed by atoms with E-state index >= 15 is 0 Å². The molecule has 0 aromatic carbocycles. The number of rotatable bonds is 4. The van der Waals surface area contributed by atoms with E-state index in [1.54, 1.807) is 19.1 Å². The van der Waals surface area contributed by atoms with Gasteiger partial charge in [-0.3, -0.25) is 0 Å². The van der Waals surface area contributed by atoms with Crippen molar-refractivity contribution in [2.75, 3.05) is 6.61 Å². The number of pyridine rings is 1. The largest absolute Gasteiger partial charge is 0.464 e. The predicted octanol–water partition coefficient (Wildman–Crippen LogP) is 0.801. The zero-order valence-corrected chi connectivity index (χ0v) is 10.2. The van der Waals surface area contributed by atoms with E-state index in [0.29, 0.717) is 10.2 Å². The van der Waals surface area contributed by atoms with Crippen molar-refractivity contribution in [3.8, 4) is 0 Å². The second kappa shape index (κ2) is 5.93. The lowest BCUT2D eigenvalue weighted by molar-refractivity contribution is -0.159. The number of carbonyl (C=O) groups excluding carboxylic acids is 1. The standard InChI is InChI=1S/C10H12BrNO4/c1-2-16-10(15)9(14)8(13)6-3-4-7(11)12-5-6/h3-5,8-9,13-14H,2H2,1H3. The summed E-state index contributed by atoms with van der Waals surface area (Å²) >= 11 is 3.14. The Bertz CT molecular complexity index is 354. The molecule has 1 heterocycles. The fourth-order valence-electron chi connectivity index (χ4n) is 1.10. The van der Waals surface area contributed by atoms with Gasteiger partial charge >= 0.3 is 5.97 Å². The van der Waals surface area contributed by atoms with Crippen molar-refractivity contribution >= 4 is 21.9 Å². The van der Waals surface area contributed by atoms with Crippen LogP contribution in [-0.4, -0.2) is 33.9 Å². The minimum atomic E-state index is -1.59. The summed E-state index contributed by atoms with van der Waals surface area (Å²) in [4.78, 5) is 15.0. The fraction of sp³-hybridized carbons (Fsp3) is 0.400. The van der Waals surface area contributed by atoms with Gasteiger partial charge in [-0.25, -0.2) is 9.78 Å². The summed E-state index contributed by atoms with van der Waals surface area (Å²) < 4.78 is 5.20. The molecule has 0 aliphatic heterocycles. The highest BCUT2D eigenvalue weighted by molar-refractivity contribution is 9.10. The third-order valence-electron chi connectivity index (χ3n) is 1.92. The van der Waals surface area contributed by atoms with E-state index in [0.717, 1.165) is 0 Å². The second-order valence-corrected chi connectivity index (χ2v) is 3.87. The number of aromatic nitrogens is 1. The van der Waals surface area contributed by atoms with Crippen molar-refractivity contribution < 1.29 is 19.7 Å². The van der Waals surface area contributed by atoms with Crippen molar-refractivity contribution in [2.24, 2.45) is 0 Å². The van der Waals surface area contributed by atoms with E-state index in [1.165, 1.54) is 6.20 Å². The van der Waals surface area contributed by atoms with Gasteiger partial charge in [0.05, 0.1) is 6.61 Å². The molecule has 0 saturated carbocycles. The van der Waals surface area contributed by atoms with Gasteiger partial charge in [0.1, 0.15) is 10.7 Å². The molecule has 2 atom stereocenters. The summed E-state index contributed by atoms with van der Waals surface area (Å²) in [6, 6.07) is 3.17. The highest BCUT2D eigenvalue weighted by Crippen LogP contribution is 2.18. The maximum atomic E-state index is 11.2. The maximum Gasteiger partial charge on any atom is 0.338 e. The lowest BCUT2D eigenvalue weighted by Crippen LogP contribution is -2.29. The number of aliphatic hydroxyl groups is 2. The van der Waals surface area contributed by atoms with Crippen LogP contribution in [0, 0.1) is 0 Å². The number of halogens is 1. The summed E-state index contributed by atoms with van der Waals surface area (Å²) in [7, 11) is 0. The minimum Gasteiger partial charge on any atom is -0.464 e. The van der Waals surface area contributed by atoms with Crippen molar-refractivity contribution in [1.29, 1.82) is 0 Å². The Morgan fingerprint density at radius 1 is 1.56 bits per heavy atom. The minimum absolute atomic E-state index is 0.154. The molecular formula is C10H12BrNO4. The van der Waals surface area contributed by atoms with Crippen LogP contribution in [0.4, 0.5) is 0 Å². The number of esters is 1. The van der Waals surface area contributed by atoms with Crippen molar-refractivity contribution in [3.63, 3.8) is 0 Å². The van der Waals surface area contributed by atoms with Crippen molar-refractivity contribution in [1.82, 2.24) is 4.98 Å². The average Bonchev–Trinajstić information content (AvgIpc) is 2.28. The van der Waals surface area contributed by atoms with Crippen molar-refractivity contribution in [3.05, 3.63) is 28.5 Å². The molecule has 1 rings (SSSR count). The van der Waals surface area contributed by atoms with Crippen LogP contribution in [0.25, 0.3) is 0 Å². The molecule has 0 radical (unpaired) electrons. The van der Waals surface area contributed by atoms with Crippen LogP contribution in [-0.2, 0) is 9.53 Å². The van der Waals surface area contributed by atoms with Crippen LogP contribution < -0.4 is 0 Å². The maximum absolute atomic E-state index is 11.2. The predicted molar refractivity (Wildman–Crippen MR) is 59.5 cm³/mol. The Labute approximate surface area is 101 Å². The molecule has 0 saturated heterocycles. The molecule has 16 heavy (non-hydrogen) atoms. The average molecular weight is 290 g/mol. The first-order valence-electron chi connectivity index (χ1n) is 4.70. The van der Waals surface area contributed by atoms with E-state index in [9.17, 15) is 15.0 Å². The SMILES string of the molecule is CCOC(=O)C(O)C(O)c1ccc(Br)nc1. The first-order valence-corrected chi connectivity index (χ1v) is 5.49. The highest BCUT2D eigenvalue weighted by Gasteiger charge is 2.26. The van der Waals surface area contributed by atoms with Gasteiger partial charge in [0.15, 0.2) is 6.10 Å². The quantitative estimate of drug-likeness (QED) is 0.633. The van der Waals surface area contributed by atoms with Crippen LogP contribution in [0.15, 0.2) is 22.9 Å². The summed E-state index contributed by atoms with van der Waals surface area (Å²) in [5.74, 6) is -0.849. The molecule has 2 unspecified atom stereocenters. The monoisotopic (exact) mass is 289 g/mol. The second-order valence-electron chi connectivity index (χ2n) is 3.06. The number of nitrogens with zero attached hydrogens (tertiary/aromatic N) is 1. The molecule has 0 bridgehead atoms. The van der Waals surface area contributed by atoms with Gasteiger partial charge < -0.3 is 14.9 Å². The summed E-state index contributed by atoms with van der Waals surface area (Å²) in [5.41, 5.74) is 0.351. The van der Waals surface area contributed by atoms with Gasteiger partial charge in [-0.15, -0.1) is 0 Å². The number of aliphatic hydroxyl groups excluding tert-OH is 2. The van der Waals surface area contributed by atoms with E-state index < -0.39 is 18.2 Å². The van der Waals surface area contributed by atoms with E-state index in [-0.39, 0.29) is 6.61 Å². The Balaban J connectivity index is 2.73. The Morgan fingerprint density at radius 3 is 2.75 bits per heavy atom. The topological polar surface area (TPSA) is 79.7 Å².